The molecule has 0 spiro atoms. The van der Waals surface area contributed by atoms with Gasteiger partial charge in [0, 0.05) is 11.1 Å². The van der Waals surface area contributed by atoms with Crippen molar-refractivity contribution in [2.24, 2.45) is 0 Å². The molecule has 0 fully saturated rings. The lowest BCUT2D eigenvalue weighted by atomic mass is 10.1. The second kappa shape index (κ2) is 6.86. The molecule has 0 bridgehead atoms. The zero-order valence-electron chi connectivity index (χ0n) is 13.5. The first-order valence-corrected chi connectivity index (χ1v) is 7.66. The Hall–Kier alpha value is -2.99. The van der Waals surface area contributed by atoms with E-state index < -0.39 is 11.5 Å². The van der Waals surface area contributed by atoms with Crippen LogP contribution in [0.5, 0.6) is 11.5 Å². The largest absolute Gasteiger partial charge is 0.497 e. The van der Waals surface area contributed by atoms with Gasteiger partial charge in [-0.2, -0.15) is 0 Å². The Morgan fingerprint density at radius 3 is 2.56 bits per heavy atom. The number of hydrogen-bond acceptors (Lipinski definition) is 5. The van der Waals surface area contributed by atoms with Crippen LogP contribution in [0.3, 0.4) is 0 Å². The van der Waals surface area contributed by atoms with Crippen LogP contribution in [0.1, 0.15) is 10.4 Å². The molecule has 1 amide bonds. The van der Waals surface area contributed by atoms with Crippen LogP contribution in [-0.2, 0) is 0 Å². The fourth-order valence-electron chi connectivity index (χ4n) is 2.33. The molecule has 3 rings (SSSR count). The van der Waals surface area contributed by atoms with E-state index in [1.165, 1.54) is 26.4 Å². The number of rotatable bonds is 4. The molecule has 2 aromatic carbocycles. The normalized spacial score (nSPS) is 10.5. The highest BCUT2D eigenvalue weighted by Crippen LogP contribution is 2.27. The molecule has 3 aromatic rings. The molecule has 0 unspecified atom stereocenters. The van der Waals surface area contributed by atoms with E-state index in [2.05, 4.69) is 5.32 Å². The average Bonchev–Trinajstić information content (AvgIpc) is 2.60. The van der Waals surface area contributed by atoms with Crippen LogP contribution in [0.2, 0.25) is 5.02 Å². The van der Waals surface area contributed by atoms with Crippen LogP contribution in [0.4, 0.5) is 5.69 Å². The van der Waals surface area contributed by atoms with Crippen molar-refractivity contribution in [1.82, 2.24) is 0 Å². The van der Waals surface area contributed by atoms with E-state index in [1.54, 1.807) is 30.3 Å². The quantitative estimate of drug-likeness (QED) is 0.718. The van der Waals surface area contributed by atoms with E-state index in [-0.39, 0.29) is 5.56 Å². The van der Waals surface area contributed by atoms with Crippen molar-refractivity contribution in [3.63, 3.8) is 0 Å². The van der Waals surface area contributed by atoms with Crippen molar-refractivity contribution in [2.75, 3.05) is 19.5 Å². The van der Waals surface area contributed by atoms with Gasteiger partial charge in [0.1, 0.15) is 22.6 Å². The van der Waals surface area contributed by atoms with Gasteiger partial charge in [0.2, 0.25) is 0 Å². The van der Waals surface area contributed by atoms with Crippen molar-refractivity contribution >= 4 is 34.2 Å². The zero-order valence-corrected chi connectivity index (χ0v) is 14.2. The molecular weight excluding hydrogens is 346 g/mol. The molecule has 0 radical (unpaired) electrons. The predicted octanol–water partition coefficient (Wildman–Crippen LogP) is 3.72. The molecule has 1 N–H and O–H groups in total. The molecule has 0 aliphatic rings. The standard InChI is InChI=1S/C18H14ClNO5/c1-23-12-4-6-15-10(7-12)8-13(18(22)25-15)17(21)20-11-3-5-16(24-2)14(19)9-11/h3-9H,1-2H3,(H,20,21). The number of fused-ring (bicyclic) bond motifs is 1. The van der Waals surface area contributed by atoms with E-state index in [0.29, 0.717) is 33.2 Å². The van der Waals surface area contributed by atoms with Crippen molar-refractivity contribution in [3.8, 4) is 11.5 Å². The smallest absolute Gasteiger partial charge is 0.349 e. The molecule has 6 nitrogen and oxygen atoms in total. The van der Waals surface area contributed by atoms with Gasteiger partial charge in [0.15, 0.2) is 0 Å². The number of benzene rings is 2. The van der Waals surface area contributed by atoms with Gasteiger partial charge in [-0.25, -0.2) is 4.79 Å². The van der Waals surface area contributed by atoms with Crippen LogP contribution in [0.25, 0.3) is 11.0 Å². The van der Waals surface area contributed by atoms with Crippen LogP contribution in [-0.4, -0.2) is 20.1 Å². The van der Waals surface area contributed by atoms with Crippen LogP contribution >= 0.6 is 11.6 Å². The summed E-state index contributed by atoms with van der Waals surface area (Å²) < 4.78 is 15.4. The van der Waals surface area contributed by atoms with Crippen LogP contribution < -0.4 is 20.4 Å². The van der Waals surface area contributed by atoms with Crippen molar-refractivity contribution < 1.29 is 18.7 Å². The molecule has 0 atom stereocenters. The third-order valence-corrected chi connectivity index (χ3v) is 3.89. The van der Waals surface area contributed by atoms with Crippen molar-refractivity contribution in [2.45, 2.75) is 0 Å². The molecule has 0 saturated heterocycles. The number of carbonyl (C=O) groups excluding carboxylic acids is 1. The third kappa shape index (κ3) is 3.44. The lowest BCUT2D eigenvalue weighted by molar-refractivity contribution is 0.102. The summed E-state index contributed by atoms with van der Waals surface area (Å²) in [5, 5.41) is 3.54. The molecular formula is C18H14ClNO5. The summed E-state index contributed by atoms with van der Waals surface area (Å²) in [4.78, 5) is 24.5. The molecule has 1 aromatic heterocycles. The molecule has 25 heavy (non-hydrogen) atoms. The summed E-state index contributed by atoms with van der Waals surface area (Å²) in [7, 11) is 3.02. The number of anilines is 1. The first-order valence-electron chi connectivity index (χ1n) is 7.28. The zero-order chi connectivity index (χ0) is 18.0. The van der Waals surface area contributed by atoms with Crippen LogP contribution in [0, 0.1) is 0 Å². The summed E-state index contributed by atoms with van der Waals surface area (Å²) >= 11 is 6.03. The maximum absolute atomic E-state index is 12.4. The highest BCUT2D eigenvalue weighted by Gasteiger charge is 2.15. The summed E-state index contributed by atoms with van der Waals surface area (Å²) in [5.41, 5.74) is -0.0433. The van der Waals surface area contributed by atoms with E-state index in [9.17, 15) is 9.59 Å². The van der Waals surface area contributed by atoms with Crippen molar-refractivity contribution in [3.05, 3.63) is 63.5 Å². The minimum absolute atomic E-state index is 0.118. The minimum Gasteiger partial charge on any atom is -0.497 e. The van der Waals surface area contributed by atoms with E-state index in [1.807, 2.05) is 0 Å². The lowest BCUT2D eigenvalue weighted by Gasteiger charge is -2.08. The number of hydrogen-bond donors (Lipinski definition) is 1. The molecule has 0 saturated carbocycles. The number of methoxy groups -OCH3 is 2. The Labute approximate surface area is 147 Å². The Bertz CT molecular complexity index is 1010. The Morgan fingerprint density at radius 2 is 1.88 bits per heavy atom. The molecule has 1 heterocycles. The summed E-state index contributed by atoms with van der Waals surface area (Å²) in [6.45, 7) is 0. The fourth-order valence-corrected chi connectivity index (χ4v) is 2.59. The number of halogens is 1. The van der Waals surface area contributed by atoms with E-state index in [4.69, 9.17) is 25.5 Å². The highest BCUT2D eigenvalue weighted by atomic mass is 35.5. The van der Waals surface area contributed by atoms with Gasteiger partial charge in [-0.15, -0.1) is 0 Å². The number of ether oxygens (including phenoxy) is 2. The first-order chi connectivity index (χ1) is 12.0. The van der Waals surface area contributed by atoms with Gasteiger partial charge in [-0.3, -0.25) is 4.79 Å². The number of carbonyl (C=O) groups is 1. The Morgan fingerprint density at radius 1 is 1.08 bits per heavy atom. The van der Waals surface area contributed by atoms with Gasteiger partial charge < -0.3 is 19.2 Å². The first kappa shape index (κ1) is 16.9. The Balaban J connectivity index is 1.94. The number of nitrogens with one attached hydrogen (secondary N) is 1. The van der Waals surface area contributed by atoms with Gasteiger partial charge in [-0.1, -0.05) is 11.6 Å². The fraction of sp³-hybridized carbons (Fsp3) is 0.111. The summed E-state index contributed by atoms with van der Waals surface area (Å²) in [6, 6.07) is 11.2. The predicted molar refractivity (Wildman–Crippen MR) is 95.0 cm³/mol. The molecule has 7 heteroatoms. The highest BCUT2D eigenvalue weighted by molar-refractivity contribution is 6.32. The van der Waals surface area contributed by atoms with Gasteiger partial charge in [0.05, 0.1) is 19.2 Å². The molecule has 0 aliphatic carbocycles. The SMILES string of the molecule is COc1ccc2oc(=O)c(C(=O)Nc3ccc(OC)c(Cl)c3)cc2c1. The summed E-state index contributed by atoms with van der Waals surface area (Å²) in [5.74, 6) is 0.478. The van der Waals surface area contributed by atoms with E-state index in [0.717, 1.165) is 0 Å². The van der Waals surface area contributed by atoms with Gasteiger partial charge >= 0.3 is 5.63 Å². The average molecular weight is 360 g/mol. The van der Waals surface area contributed by atoms with E-state index >= 15 is 0 Å². The second-order valence-electron chi connectivity index (χ2n) is 5.15. The summed E-state index contributed by atoms with van der Waals surface area (Å²) in [6.07, 6.45) is 0. The molecule has 0 aliphatic heterocycles. The monoisotopic (exact) mass is 359 g/mol. The number of amides is 1. The third-order valence-electron chi connectivity index (χ3n) is 3.59. The van der Waals surface area contributed by atoms with Gasteiger partial charge in [-0.05, 0) is 42.5 Å². The van der Waals surface area contributed by atoms with Gasteiger partial charge in [0.25, 0.3) is 5.91 Å². The lowest BCUT2D eigenvalue weighted by Crippen LogP contribution is -2.20. The van der Waals surface area contributed by atoms with Crippen LogP contribution in [0.15, 0.2) is 51.7 Å². The maximum Gasteiger partial charge on any atom is 0.349 e. The maximum atomic E-state index is 12.4. The minimum atomic E-state index is -0.727. The van der Waals surface area contributed by atoms with Crippen molar-refractivity contribution in [1.29, 1.82) is 0 Å². The molecule has 128 valence electrons. The Kier molecular flexibility index (Phi) is 4.63. The second-order valence-corrected chi connectivity index (χ2v) is 5.56. The topological polar surface area (TPSA) is 77.8 Å².